The Balaban J connectivity index is 2.29. The summed E-state index contributed by atoms with van der Waals surface area (Å²) in [5, 5.41) is 8.54. The molecule has 0 atom stereocenters. The predicted octanol–water partition coefficient (Wildman–Crippen LogP) is 3.56. The van der Waals surface area contributed by atoms with E-state index in [0.717, 1.165) is 5.92 Å². The maximum absolute atomic E-state index is 4.15. The Labute approximate surface area is 89.7 Å². The highest BCUT2D eigenvalue weighted by Crippen LogP contribution is 2.46. The van der Waals surface area contributed by atoms with Gasteiger partial charge in [-0.3, -0.25) is 5.10 Å². The second kappa shape index (κ2) is 3.09. The Kier molecular flexibility index (Phi) is 1.84. The fourth-order valence-electron chi connectivity index (χ4n) is 2.39. The fourth-order valence-corrected chi connectivity index (χ4v) is 2.39. The monoisotopic (exact) mass is 200 g/mol. The minimum Gasteiger partial charge on any atom is -0.278 e. The Morgan fingerprint density at radius 2 is 2.13 bits per heavy atom. The first-order valence-electron chi connectivity index (χ1n) is 5.73. The van der Waals surface area contributed by atoms with Gasteiger partial charge in [0.25, 0.3) is 0 Å². The van der Waals surface area contributed by atoms with E-state index in [0.29, 0.717) is 5.92 Å². The Morgan fingerprint density at radius 3 is 2.80 bits per heavy atom. The first-order chi connectivity index (χ1) is 7.27. The number of H-pyrrole nitrogens is 1. The van der Waals surface area contributed by atoms with Gasteiger partial charge in [0.2, 0.25) is 0 Å². The Bertz CT molecular complexity index is 492. The average molecular weight is 200 g/mol. The van der Waals surface area contributed by atoms with Gasteiger partial charge in [-0.2, -0.15) is 5.10 Å². The smallest absolute Gasteiger partial charge is 0.0653 e. The lowest BCUT2D eigenvalue weighted by Gasteiger charge is -2.13. The van der Waals surface area contributed by atoms with Crippen LogP contribution in [0.25, 0.3) is 10.9 Å². The van der Waals surface area contributed by atoms with Crippen molar-refractivity contribution in [2.75, 3.05) is 0 Å². The van der Waals surface area contributed by atoms with E-state index in [1.165, 1.54) is 29.3 Å². The van der Waals surface area contributed by atoms with Crippen molar-refractivity contribution in [2.45, 2.75) is 38.5 Å². The molecule has 1 N–H and O–H groups in total. The summed E-state index contributed by atoms with van der Waals surface area (Å²) in [4.78, 5) is 0. The molecule has 15 heavy (non-hydrogen) atoms. The van der Waals surface area contributed by atoms with Crippen LogP contribution in [0.15, 0.2) is 18.3 Å². The van der Waals surface area contributed by atoms with Gasteiger partial charge >= 0.3 is 0 Å². The highest BCUT2D eigenvalue weighted by Gasteiger charge is 2.28. The molecular weight excluding hydrogens is 184 g/mol. The number of nitrogens with zero attached hydrogens (tertiary/aromatic N) is 1. The number of benzene rings is 1. The van der Waals surface area contributed by atoms with Crippen LogP contribution >= 0.6 is 0 Å². The largest absolute Gasteiger partial charge is 0.278 e. The SMILES string of the molecule is CC(C)c1ccc2[nH]ncc2c1C1CC1. The number of aromatic nitrogens is 2. The van der Waals surface area contributed by atoms with Crippen LogP contribution in [0.1, 0.15) is 49.7 Å². The Morgan fingerprint density at radius 1 is 1.33 bits per heavy atom. The van der Waals surface area contributed by atoms with E-state index < -0.39 is 0 Å². The standard InChI is InChI=1S/C13H16N2/c1-8(2)10-5-6-12-11(7-14-15-12)13(10)9-3-4-9/h5-9H,3-4H2,1-2H3,(H,14,15). The van der Waals surface area contributed by atoms with Crippen LogP contribution in [0.3, 0.4) is 0 Å². The number of nitrogens with one attached hydrogen (secondary N) is 1. The molecule has 1 heterocycles. The van der Waals surface area contributed by atoms with Gasteiger partial charge in [-0.1, -0.05) is 19.9 Å². The molecule has 78 valence electrons. The minimum atomic E-state index is 0.611. The molecule has 0 bridgehead atoms. The molecule has 1 fully saturated rings. The van der Waals surface area contributed by atoms with E-state index in [4.69, 9.17) is 0 Å². The molecule has 1 saturated carbocycles. The number of hydrogen-bond acceptors (Lipinski definition) is 1. The van der Waals surface area contributed by atoms with Crippen molar-refractivity contribution in [1.29, 1.82) is 0 Å². The van der Waals surface area contributed by atoms with Crippen LogP contribution < -0.4 is 0 Å². The molecule has 2 heteroatoms. The van der Waals surface area contributed by atoms with E-state index >= 15 is 0 Å². The molecule has 2 aromatic rings. The minimum absolute atomic E-state index is 0.611. The first-order valence-corrected chi connectivity index (χ1v) is 5.73. The summed E-state index contributed by atoms with van der Waals surface area (Å²) in [5.41, 5.74) is 4.24. The van der Waals surface area contributed by atoms with Crippen molar-refractivity contribution in [3.63, 3.8) is 0 Å². The van der Waals surface area contributed by atoms with E-state index in [9.17, 15) is 0 Å². The summed E-state index contributed by atoms with van der Waals surface area (Å²) in [6.45, 7) is 4.54. The molecular formula is C13H16N2. The molecule has 0 unspecified atom stereocenters. The summed E-state index contributed by atoms with van der Waals surface area (Å²) < 4.78 is 0. The van der Waals surface area contributed by atoms with Crippen molar-refractivity contribution >= 4 is 10.9 Å². The topological polar surface area (TPSA) is 28.7 Å². The summed E-state index contributed by atoms with van der Waals surface area (Å²) in [6, 6.07) is 4.42. The predicted molar refractivity (Wildman–Crippen MR) is 62.2 cm³/mol. The lowest BCUT2D eigenvalue weighted by atomic mass is 9.92. The fraction of sp³-hybridized carbons (Fsp3) is 0.462. The summed E-state index contributed by atoms with van der Waals surface area (Å²) in [6.07, 6.45) is 4.68. The normalized spacial score (nSPS) is 16.5. The molecule has 0 radical (unpaired) electrons. The van der Waals surface area contributed by atoms with Crippen LogP contribution in [-0.2, 0) is 0 Å². The number of aromatic amines is 1. The molecule has 1 aromatic carbocycles. The molecule has 0 spiro atoms. The average Bonchev–Trinajstić information content (AvgIpc) is 2.93. The summed E-state index contributed by atoms with van der Waals surface area (Å²) >= 11 is 0. The highest BCUT2D eigenvalue weighted by atomic mass is 15.1. The van der Waals surface area contributed by atoms with Gasteiger partial charge in [0.05, 0.1) is 11.7 Å². The van der Waals surface area contributed by atoms with E-state index in [2.05, 4.69) is 36.2 Å². The van der Waals surface area contributed by atoms with Crippen LogP contribution in [-0.4, -0.2) is 10.2 Å². The van der Waals surface area contributed by atoms with Crippen molar-refractivity contribution in [3.05, 3.63) is 29.5 Å². The number of rotatable bonds is 2. The number of fused-ring (bicyclic) bond motifs is 1. The third-order valence-corrected chi connectivity index (χ3v) is 3.31. The Hall–Kier alpha value is -1.31. The first kappa shape index (κ1) is 8.96. The maximum atomic E-state index is 4.15. The van der Waals surface area contributed by atoms with Crippen molar-refractivity contribution in [3.8, 4) is 0 Å². The summed E-state index contributed by atoms with van der Waals surface area (Å²) in [5.74, 6) is 1.41. The van der Waals surface area contributed by atoms with E-state index in [-0.39, 0.29) is 0 Å². The third-order valence-electron chi connectivity index (χ3n) is 3.31. The second-order valence-electron chi connectivity index (χ2n) is 4.83. The van der Waals surface area contributed by atoms with Crippen LogP contribution in [0, 0.1) is 0 Å². The van der Waals surface area contributed by atoms with Crippen molar-refractivity contribution in [2.24, 2.45) is 0 Å². The van der Waals surface area contributed by atoms with Gasteiger partial charge in [-0.15, -0.1) is 0 Å². The van der Waals surface area contributed by atoms with Gasteiger partial charge in [-0.05, 0) is 41.9 Å². The van der Waals surface area contributed by atoms with Crippen LogP contribution in [0.5, 0.6) is 0 Å². The molecule has 1 aliphatic carbocycles. The molecule has 0 saturated heterocycles. The van der Waals surface area contributed by atoms with Gasteiger partial charge in [0.1, 0.15) is 0 Å². The van der Waals surface area contributed by atoms with E-state index in [1.807, 2.05) is 6.20 Å². The van der Waals surface area contributed by atoms with Gasteiger partial charge in [0, 0.05) is 5.39 Å². The van der Waals surface area contributed by atoms with Gasteiger partial charge in [-0.25, -0.2) is 0 Å². The lowest BCUT2D eigenvalue weighted by Crippen LogP contribution is -1.95. The second-order valence-corrected chi connectivity index (χ2v) is 4.83. The van der Waals surface area contributed by atoms with Crippen LogP contribution in [0.4, 0.5) is 0 Å². The molecule has 2 nitrogen and oxygen atoms in total. The van der Waals surface area contributed by atoms with E-state index in [1.54, 1.807) is 5.56 Å². The molecule has 0 amide bonds. The summed E-state index contributed by atoms with van der Waals surface area (Å²) in [7, 11) is 0. The van der Waals surface area contributed by atoms with Crippen LogP contribution in [0.2, 0.25) is 0 Å². The van der Waals surface area contributed by atoms with Gasteiger partial charge in [0.15, 0.2) is 0 Å². The van der Waals surface area contributed by atoms with Crippen molar-refractivity contribution in [1.82, 2.24) is 10.2 Å². The molecule has 1 aliphatic rings. The van der Waals surface area contributed by atoms with Crippen molar-refractivity contribution < 1.29 is 0 Å². The number of hydrogen-bond donors (Lipinski definition) is 1. The lowest BCUT2D eigenvalue weighted by molar-refractivity contribution is 0.846. The highest BCUT2D eigenvalue weighted by molar-refractivity contribution is 5.84. The maximum Gasteiger partial charge on any atom is 0.0653 e. The zero-order valence-electron chi connectivity index (χ0n) is 9.25. The molecule has 1 aromatic heterocycles. The third kappa shape index (κ3) is 1.36. The zero-order valence-corrected chi connectivity index (χ0v) is 9.25. The quantitative estimate of drug-likeness (QED) is 0.788. The zero-order chi connectivity index (χ0) is 10.4. The molecule has 0 aliphatic heterocycles. The molecule has 3 rings (SSSR count). The van der Waals surface area contributed by atoms with Gasteiger partial charge < -0.3 is 0 Å².